The van der Waals surface area contributed by atoms with Crippen LogP contribution >= 0.6 is 0 Å². The van der Waals surface area contributed by atoms with Gasteiger partial charge in [0.2, 0.25) is 11.8 Å². The van der Waals surface area contributed by atoms with Crippen molar-refractivity contribution >= 4 is 29.3 Å². The van der Waals surface area contributed by atoms with E-state index in [1.165, 1.54) is 0 Å². The van der Waals surface area contributed by atoms with E-state index in [4.69, 9.17) is 9.47 Å². The van der Waals surface area contributed by atoms with Crippen molar-refractivity contribution in [3.8, 4) is 0 Å². The Morgan fingerprint density at radius 1 is 1.25 bits per heavy atom. The van der Waals surface area contributed by atoms with Gasteiger partial charge in [-0.25, -0.2) is 9.78 Å². The fourth-order valence-electron chi connectivity index (χ4n) is 5.66. The summed E-state index contributed by atoms with van der Waals surface area (Å²) in [7, 11) is 1.84. The summed E-state index contributed by atoms with van der Waals surface area (Å²) in [6.45, 7) is 1.13. The molecule has 1 saturated carbocycles. The van der Waals surface area contributed by atoms with Gasteiger partial charge in [-0.3, -0.25) is 9.59 Å². The molecule has 3 amide bonds. The minimum atomic E-state index is -0.716. The Hall–Kier alpha value is -3.40. The Morgan fingerprint density at radius 3 is 2.75 bits per heavy atom. The Balaban J connectivity index is 1.27. The lowest BCUT2D eigenvalue weighted by Crippen LogP contribution is -2.49. The van der Waals surface area contributed by atoms with Crippen molar-refractivity contribution in [2.24, 2.45) is 13.0 Å². The molecule has 2 fully saturated rings. The van der Waals surface area contributed by atoms with E-state index in [2.05, 4.69) is 20.9 Å². The van der Waals surface area contributed by atoms with Gasteiger partial charge in [-0.15, -0.1) is 0 Å². The van der Waals surface area contributed by atoms with E-state index in [0.29, 0.717) is 37.4 Å². The number of nitrogens with zero attached hydrogens (tertiary/aromatic N) is 2. The highest BCUT2D eigenvalue weighted by molar-refractivity contribution is 6.07. The average molecular weight is 496 g/mol. The maximum atomic E-state index is 13.4. The summed E-state index contributed by atoms with van der Waals surface area (Å²) in [5, 5.41) is 8.74. The van der Waals surface area contributed by atoms with Crippen LogP contribution in [0.1, 0.15) is 56.2 Å². The Bertz CT molecular complexity index is 1130. The molecule has 1 atom stereocenters. The van der Waals surface area contributed by atoms with E-state index in [9.17, 15) is 14.4 Å². The number of alkyl carbamates (subject to hydrolysis) is 1. The third-order valence-corrected chi connectivity index (χ3v) is 7.62. The number of nitrogens with one attached hydrogen (secondary N) is 3. The zero-order chi connectivity index (χ0) is 25.1. The number of rotatable bonds is 6. The van der Waals surface area contributed by atoms with E-state index in [0.717, 1.165) is 43.4 Å². The summed E-state index contributed by atoms with van der Waals surface area (Å²) in [6.07, 6.45) is 8.96. The Morgan fingerprint density at radius 2 is 2.03 bits per heavy atom. The standard InChI is InChI=1S/C26H33N5O5/c1-31-14-19(27-16-31)15-36-25(34)30-22(17-5-3-2-4-6-17)23(32)28-18-7-8-20-21(13-18)29-24(33)26(20)9-11-35-12-10-26/h7-8,13-14,16-17,22H,2-6,9-12,15H2,1H3,(H,28,32)(H,29,33)(H,30,34). The average Bonchev–Trinajstić information content (AvgIpc) is 3.42. The number of imidazole rings is 1. The van der Waals surface area contributed by atoms with Crippen LogP contribution in [0.15, 0.2) is 30.7 Å². The summed E-state index contributed by atoms with van der Waals surface area (Å²) >= 11 is 0. The monoisotopic (exact) mass is 495 g/mol. The number of ether oxygens (including phenoxy) is 2. The van der Waals surface area contributed by atoms with Gasteiger partial charge in [-0.1, -0.05) is 25.3 Å². The van der Waals surface area contributed by atoms with E-state index in [-0.39, 0.29) is 24.3 Å². The molecule has 2 aromatic rings. The molecule has 1 aromatic heterocycles. The van der Waals surface area contributed by atoms with Gasteiger partial charge in [0.15, 0.2) is 0 Å². The topological polar surface area (TPSA) is 124 Å². The number of hydrogen-bond acceptors (Lipinski definition) is 6. The molecule has 192 valence electrons. The number of carbonyl (C=O) groups is 3. The second kappa shape index (κ2) is 10.3. The Kier molecular flexibility index (Phi) is 6.95. The van der Waals surface area contributed by atoms with Gasteiger partial charge in [0.05, 0.1) is 17.4 Å². The molecule has 1 saturated heterocycles. The number of fused-ring (bicyclic) bond motifs is 2. The van der Waals surface area contributed by atoms with Crippen molar-refractivity contribution < 1.29 is 23.9 Å². The van der Waals surface area contributed by atoms with Gasteiger partial charge >= 0.3 is 6.09 Å². The molecular weight excluding hydrogens is 462 g/mol. The fraction of sp³-hybridized carbons (Fsp3) is 0.538. The molecule has 10 heteroatoms. The molecule has 36 heavy (non-hydrogen) atoms. The third kappa shape index (κ3) is 4.95. The normalized spacial score (nSPS) is 19.9. The number of carbonyl (C=O) groups excluding carboxylic acids is 3. The second-order valence-electron chi connectivity index (χ2n) is 10.0. The number of benzene rings is 1. The molecule has 0 bridgehead atoms. The van der Waals surface area contributed by atoms with E-state index in [1.54, 1.807) is 23.2 Å². The lowest BCUT2D eigenvalue weighted by Gasteiger charge is -2.31. The molecule has 3 N–H and O–H groups in total. The van der Waals surface area contributed by atoms with Crippen molar-refractivity contribution in [1.29, 1.82) is 0 Å². The van der Waals surface area contributed by atoms with E-state index < -0.39 is 17.6 Å². The number of amides is 3. The quantitative estimate of drug-likeness (QED) is 0.565. The summed E-state index contributed by atoms with van der Waals surface area (Å²) in [5.74, 6) is -0.274. The first-order valence-electron chi connectivity index (χ1n) is 12.7. The zero-order valence-electron chi connectivity index (χ0n) is 20.5. The van der Waals surface area contributed by atoms with Crippen LogP contribution in [-0.2, 0) is 38.1 Å². The highest BCUT2D eigenvalue weighted by Gasteiger charge is 2.47. The lowest BCUT2D eigenvalue weighted by molar-refractivity contribution is -0.124. The van der Waals surface area contributed by atoms with Crippen molar-refractivity contribution in [2.75, 3.05) is 23.8 Å². The largest absolute Gasteiger partial charge is 0.443 e. The second-order valence-corrected chi connectivity index (χ2v) is 10.0. The van der Waals surface area contributed by atoms with Crippen LogP contribution in [0.3, 0.4) is 0 Å². The summed E-state index contributed by atoms with van der Waals surface area (Å²) in [4.78, 5) is 42.9. The minimum absolute atomic E-state index is 0.0123. The predicted molar refractivity (Wildman–Crippen MR) is 132 cm³/mol. The van der Waals surface area contributed by atoms with Crippen molar-refractivity contribution in [1.82, 2.24) is 14.9 Å². The summed E-state index contributed by atoms with van der Waals surface area (Å²) in [6, 6.07) is 4.82. The molecule has 1 unspecified atom stereocenters. The van der Waals surface area contributed by atoms with Crippen LogP contribution in [0.2, 0.25) is 0 Å². The number of aromatic nitrogens is 2. The van der Waals surface area contributed by atoms with E-state index in [1.807, 2.05) is 19.2 Å². The maximum Gasteiger partial charge on any atom is 0.408 e. The van der Waals surface area contributed by atoms with Gasteiger partial charge in [0.25, 0.3) is 0 Å². The summed E-state index contributed by atoms with van der Waals surface area (Å²) in [5.41, 5.74) is 2.33. The third-order valence-electron chi connectivity index (χ3n) is 7.62. The van der Waals surface area contributed by atoms with Crippen molar-refractivity contribution in [3.05, 3.63) is 42.0 Å². The van der Waals surface area contributed by atoms with Crippen LogP contribution in [0.25, 0.3) is 0 Å². The molecule has 10 nitrogen and oxygen atoms in total. The van der Waals surface area contributed by atoms with E-state index >= 15 is 0 Å². The fourth-order valence-corrected chi connectivity index (χ4v) is 5.66. The van der Waals surface area contributed by atoms with Gasteiger partial charge in [-0.05, 0) is 49.3 Å². The molecule has 3 aliphatic rings. The van der Waals surface area contributed by atoms with Crippen LogP contribution in [0, 0.1) is 5.92 Å². The SMILES string of the molecule is Cn1cnc(COC(=O)NC(C(=O)Nc2ccc3c(c2)NC(=O)C32CCOCC2)C2CCCCC2)c1. The van der Waals surface area contributed by atoms with Crippen LogP contribution in [0.5, 0.6) is 0 Å². The van der Waals surface area contributed by atoms with Gasteiger partial charge < -0.3 is 30.0 Å². The first-order chi connectivity index (χ1) is 17.4. The Labute approximate surface area is 210 Å². The number of anilines is 2. The van der Waals surface area contributed by atoms with Crippen molar-refractivity contribution in [3.63, 3.8) is 0 Å². The summed E-state index contributed by atoms with van der Waals surface area (Å²) < 4.78 is 12.6. The van der Waals surface area contributed by atoms with Crippen molar-refractivity contribution in [2.45, 2.75) is 63.0 Å². The number of hydrogen-bond donors (Lipinski definition) is 3. The van der Waals surface area contributed by atoms with Crippen LogP contribution in [-0.4, -0.2) is 46.7 Å². The smallest absolute Gasteiger partial charge is 0.408 e. The van der Waals surface area contributed by atoms with Gasteiger partial charge in [0, 0.05) is 37.8 Å². The van der Waals surface area contributed by atoms with Crippen LogP contribution in [0.4, 0.5) is 16.2 Å². The first-order valence-corrected chi connectivity index (χ1v) is 12.7. The first kappa shape index (κ1) is 24.3. The molecule has 1 aromatic carbocycles. The number of aryl methyl sites for hydroxylation is 1. The van der Waals surface area contributed by atoms with Crippen LogP contribution < -0.4 is 16.0 Å². The molecule has 2 aliphatic heterocycles. The highest BCUT2D eigenvalue weighted by atomic mass is 16.5. The molecule has 0 radical (unpaired) electrons. The molecular formula is C26H33N5O5. The molecule has 3 heterocycles. The minimum Gasteiger partial charge on any atom is -0.443 e. The zero-order valence-corrected chi connectivity index (χ0v) is 20.5. The molecule has 1 spiro atoms. The molecule has 1 aliphatic carbocycles. The highest BCUT2D eigenvalue weighted by Crippen LogP contribution is 2.45. The van der Waals surface area contributed by atoms with Gasteiger partial charge in [0.1, 0.15) is 12.6 Å². The molecule has 5 rings (SSSR count). The predicted octanol–water partition coefficient (Wildman–Crippen LogP) is 3.23. The van der Waals surface area contributed by atoms with Gasteiger partial charge in [-0.2, -0.15) is 0 Å². The maximum absolute atomic E-state index is 13.4. The lowest BCUT2D eigenvalue weighted by atomic mass is 9.75.